The number of aliphatic imine (C=N–C) groups is 1. The molecule has 0 amide bonds. The number of rotatable bonds is 2. The van der Waals surface area contributed by atoms with Gasteiger partial charge < -0.3 is 10.7 Å². The molecule has 0 saturated heterocycles. The van der Waals surface area contributed by atoms with Gasteiger partial charge in [-0.2, -0.15) is 0 Å². The molecule has 0 atom stereocenters. The molecule has 70 valence electrons. The Morgan fingerprint density at radius 2 is 2.07 bits per heavy atom. The maximum Gasteiger partial charge on any atom is 0.0924 e. The minimum Gasteiger partial charge on any atom is -0.390 e. The van der Waals surface area contributed by atoms with Crippen LogP contribution in [0.2, 0.25) is 0 Å². The molecule has 4 nitrogen and oxygen atoms in total. The van der Waals surface area contributed by atoms with Crippen LogP contribution in [-0.4, -0.2) is 16.3 Å². The van der Waals surface area contributed by atoms with Gasteiger partial charge in [0.1, 0.15) is 0 Å². The van der Waals surface area contributed by atoms with Crippen LogP contribution in [0.25, 0.3) is 11.3 Å². The summed E-state index contributed by atoms with van der Waals surface area (Å²) >= 11 is 0. The standard InChI is InChI=1S/C10H10N4/c11-6-13-9-3-1-8(2-4-9)10-5-12-7-14-10/h1-7H,(H2,11,13)(H,12,14). The van der Waals surface area contributed by atoms with Crippen LogP contribution in [0.1, 0.15) is 0 Å². The SMILES string of the molecule is NC=Nc1ccc(-c2cnc[nH]2)cc1. The highest BCUT2D eigenvalue weighted by Crippen LogP contribution is 2.19. The van der Waals surface area contributed by atoms with Gasteiger partial charge in [-0.1, -0.05) is 12.1 Å². The summed E-state index contributed by atoms with van der Waals surface area (Å²) in [5, 5.41) is 0. The van der Waals surface area contributed by atoms with Crippen molar-refractivity contribution in [3.8, 4) is 11.3 Å². The molecule has 1 aromatic carbocycles. The molecule has 4 heteroatoms. The Kier molecular flexibility index (Phi) is 2.27. The predicted molar refractivity (Wildman–Crippen MR) is 56.4 cm³/mol. The molecular formula is C10H10N4. The fraction of sp³-hybridized carbons (Fsp3) is 0. The van der Waals surface area contributed by atoms with Crippen LogP contribution in [0.15, 0.2) is 41.8 Å². The van der Waals surface area contributed by atoms with Gasteiger partial charge in [0.2, 0.25) is 0 Å². The van der Waals surface area contributed by atoms with Crippen LogP contribution in [0.5, 0.6) is 0 Å². The van der Waals surface area contributed by atoms with Crippen LogP contribution in [0.3, 0.4) is 0 Å². The second-order valence-corrected chi connectivity index (χ2v) is 2.79. The fourth-order valence-electron chi connectivity index (χ4n) is 1.23. The van der Waals surface area contributed by atoms with Gasteiger partial charge in [-0.25, -0.2) is 9.98 Å². The molecule has 0 spiro atoms. The van der Waals surface area contributed by atoms with Crippen molar-refractivity contribution in [2.45, 2.75) is 0 Å². The first-order chi connectivity index (χ1) is 6.90. The van der Waals surface area contributed by atoms with Crippen molar-refractivity contribution >= 4 is 12.0 Å². The van der Waals surface area contributed by atoms with E-state index in [4.69, 9.17) is 5.73 Å². The summed E-state index contributed by atoms with van der Waals surface area (Å²) < 4.78 is 0. The van der Waals surface area contributed by atoms with Gasteiger partial charge in [-0.3, -0.25) is 0 Å². The van der Waals surface area contributed by atoms with Crippen molar-refractivity contribution in [3.05, 3.63) is 36.8 Å². The second kappa shape index (κ2) is 3.74. The molecule has 2 rings (SSSR count). The van der Waals surface area contributed by atoms with Gasteiger partial charge in [0.05, 0.1) is 30.2 Å². The Morgan fingerprint density at radius 3 is 2.64 bits per heavy atom. The van der Waals surface area contributed by atoms with Crippen molar-refractivity contribution in [1.82, 2.24) is 9.97 Å². The maximum atomic E-state index is 5.19. The Balaban J connectivity index is 2.31. The van der Waals surface area contributed by atoms with E-state index >= 15 is 0 Å². The largest absolute Gasteiger partial charge is 0.390 e. The second-order valence-electron chi connectivity index (χ2n) is 2.79. The minimum atomic E-state index is 0.843. The number of aromatic amines is 1. The van der Waals surface area contributed by atoms with Gasteiger partial charge in [-0.05, 0) is 17.7 Å². The monoisotopic (exact) mass is 186 g/mol. The van der Waals surface area contributed by atoms with Crippen LogP contribution in [0, 0.1) is 0 Å². The predicted octanol–water partition coefficient (Wildman–Crippen LogP) is 1.70. The number of aromatic nitrogens is 2. The lowest BCUT2D eigenvalue weighted by molar-refractivity contribution is 1.31. The molecule has 14 heavy (non-hydrogen) atoms. The molecule has 0 saturated carbocycles. The lowest BCUT2D eigenvalue weighted by Crippen LogP contribution is -1.86. The number of nitrogens with one attached hydrogen (secondary N) is 1. The minimum absolute atomic E-state index is 0.843. The van der Waals surface area contributed by atoms with Crippen molar-refractivity contribution in [2.24, 2.45) is 10.7 Å². The lowest BCUT2D eigenvalue weighted by atomic mass is 10.1. The third-order valence-electron chi connectivity index (χ3n) is 1.90. The molecule has 0 radical (unpaired) electrons. The first kappa shape index (κ1) is 8.50. The molecule has 0 aliphatic carbocycles. The van der Waals surface area contributed by atoms with E-state index in [1.807, 2.05) is 24.3 Å². The van der Waals surface area contributed by atoms with Crippen molar-refractivity contribution in [1.29, 1.82) is 0 Å². The zero-order valence-electron chi connectivity index (χ0n) is 7.51. The van der Waals surface area contributed by atoms with Crippen molar-refractivity contribution in [2.75, 3.05) is 0 Å². The third-order valence-corrected chi connectivity index (χ3v) is 1.90. The summed E-state index contributed by atoms with van der Waals surface area (Å²) in [6.07, 6.45) is 4.72. The summed E-state index contributed by atoms with van der Waals surface area (Å²) in [4.78, 5) is 10.9. The molecule has 1 heterocycles. The number of hydrogen-bond acceptors (Lipinski definition) is 2. The number of nitrogens with two attached hydrogens (primary N) is 1. The summed E-state index contributed by atoms with van der Waals surface area (Å²) in [7, 11) is 0. The van der Waals surface area contributed by atoms with E-state index in [9.17, 15) is 0 Å². The van der Waals surface area contributed by atoms with Gasteiger partial charge in [0, 0.05) is 0 Å². The highest BCUT2D eigenvalue weighted by molar-refractivity contribution is 5.64. The summed E-state index contributed by atoms with van der Waals surface area (Å²) in [6.45, 7) is 0. The highest BCUT2D eigenvalue weighted by Gasteiger charge is 1.97. The maximum absolute atomic E-state index is 5.19. The lowest BCUT2D eigenvalue weighted by Gasteiger charge is -1.97. The van der Waals surface area contributed by atoms with Crippen molar-refractivity contribution < 1.29 is 0 Å². The third kappa shape index (κ3) is 1.64. The van der Waals surface area contributed by atoms with Gasteiger partial charge in [0.15, 0.2) is 0 Å². The molecule has 3 N–H and O–H groups in total. The van der Waals surface area contributed by atoms with Gasteiger partial charge in [0.25, 0.3) is 0 Å². The van der Waals surface area contributed by atoms with E-state index in [0.29, 0.717) is 0 Å². The van der Waals surface area contributed by atoms with Crippen LogP contribution >= 0.6 is 0 Å². The zero-order valence-corrected chi connectivity index (χ0v) is 7.51. The van der Waals surface area contributed by atoms with Crippen LogP contribution in [-0.2, 0) is 0 Å². The average Bonchev–Trinajstić information content (AvgIpc) is 2.72. The summed E-state index contributed by atoms with van der Waals surface area (Å²) in [5.74, 6) is 0. The van der Waals surface area contributed by atoms with Crippen molar-refractivity contribution in [3.63, 3.8) is 0 Å². The Bertz CT molecular complexity index is 414. The Labute approximate surface area is 81.5 Å². The van der Waals surface area contributed by atoms with Gasteiger partial charge in [-0.15, -0.1) is 0 Å². The van der Waals surface area contributed by atoms with Crippen LogP contribution in [0.4, 0.5) is 5.69 Å². The first-order valence-corrected chi connectivity index (χ1v) is 4.23. The molecule has 0 bridgehead atoms. The molecule has 2 aromatic rings. The van der Waals surface area contributed by atoms with E-state index in [1.165, 1.54) is 6.34 Å². The average molecular weight is 186 g/mol. The molecule has 0 fully saturated rings. The first-order valence-electron chi connectivity index (χ1n) is 4.23. The number of imidazole rings is 1. The fourth-order valence-corrected chi connectivity index (χ4v) is 1.23. The molecule has 0 aliphatic rings. The topological polar surface area (TPSA) is 67.1 Å². The smallest absolute Gasteiger partial charge is 0.0924 e. The van der Waals surface area contributed by atoms with Gasteiger partial charge >= 0.3 is 0 Å². The molecule has 0 aliphatic heterocycles. The van der Waals surface area contributed by atoms with E-state index in [-0.39, 0.29) is 0 Å². The normalized spacial score (nSPS) is 10.9. The summed E-state index contributed by atoms with van der Waals surface area (Å²) in [5.41, 5.74) is 8.10. The highest BCUT2D eigenvalue weighted by atomic mass is 14.9. The molecule has 1 aromatic heterocycles. The Morgan fingerprint density at radius 1 is 1.29 bits per heavy atom. The molecule has 0 unspecified atom stereocenters. The van der Waals surface area contributed by atoms with E-state index in [0.717, 1.165) is 16.9 Å². The number of H-pyrrole nitrogens is 1. The Hall–Kier alpha value is -2.10. The van der Waals surface area contributed by atoms with Crippen LogP contribution < -0.4 is 5.73 Å². The van der Waals surface area contributed by atoms with E-state index < -0.39 is 0 Å². The number of nitrogens with zero attached hydrogens (tertiary/aromatic N) is 2. The number of benzene rings is 1. The zero-order chi connectivity index (χ0) is 9.80. The molecular weight excluding hydrogens is 176 g/mol. The quantitative estimate of drug-likeness (QED) is 0.553. The number of hydrogen-bond donors (Lipinski definition) is 2. The van der Waals surface area contributed by atoms with E-state index in [2.05, 4.69) is 15.0 Å². The van der Waals surface area contributed by atoms with E-state index in [1.54, 1.807) is 12.5 Å². The summed E-state index contributed by atoms with van der Waals surface area (Å²) in [6, 6.07) is 7.74.